The largest absolute Gasteiger partial charge is 0.456 e. The molecule has 0 amide bonds. The number of benzene rings is 8. The second-order valence-corrected chi connectivity index (χ2v) is 12.1. The highest BCUT2D eigenvalue weighted by Crippen LogP contribution is 2.48. The second kappa shape index (κ2) is 10.1. The Hall–Kier alpha value is -6.32. The van der Waals surface area contributed by atoms with Crippen molar-refractivity contribution >= 4 is 82.5 Å². The van der Waals surface area contributed by atoms with Crippen LogP contribution in [0, 0.1) is 0 Å². The Labute approximate surface area is 270 Å². The molecular formula is C44H27NO2. The predicted octanol–water partition coefficient (Wildman–Crippen LogP) is 12.9. The first kappa shape index (κ1) is 26.0. The number of para-hydroxylation sites is 2. The Morgan fingerprint density at radius 2 is 1.00 bits per heavy atom. The molecule has 0 saturated carbocycles. The maximum atomic E-state index is 6.48. The van der Waals surface area contributed by atoms with Crippen LogP contribution in [0.5, 0.6) is 0 Å². The van der Waals surface area contributed by atoms with Crippen molar-refractivity contribution in [2.24, 2.45) is 0 Å². The summed E-state index contributed by atoms with van der Waals surface area (Å²) < 4.78 is 12.9. The normalized spacial score (nSPS) is 11.8. The Kier molecular flexibility index (Phi) is 5.57. The Morgan fingerprint density at radius 3 is 1.87 bits per heavy atom. The van der Waals surface area contributed by atoms with E-state index in [9.17, 15) is 0 Å². The molecule has 47 heavy (non-hydrogen) atoms. The molecule has 3 heteroatoms. The summed E-state index contributed by atoms with van der Waals surface area (Å²) in [6.07, 6.45) is 0. The summed E-state index contributed by atoms with van der Waals surface area (Å²) in [4.78, 5) is 2.40. The molecule has 0 aliphatic rings. The predicted molar refractivity (Wildman–Crippen MR) is 196 cm³/mol. The molecule has 2 aromatic heterocycles. The van der Waals surface area contributed by atoms with E-state index in [4.69, 9.17) is 8.83 Å². The van der Waals surface area contributed by atoms with E-state index in [0.717, 1.165) is 71.9 Å². The van der Waals surface area contributed by atoms with Gasteiger partial charge < -0.3 is 13.7 Å². The SMILES string of the molecule is c1ccc(-c2cccc(N(c3cc4ccccc4c4cc5c(cc34)oc3ccccc35)c3cccc4oc5ccccc5c34)c2)cc1. The molecule has 10 rings (SSSR count). The topological polar surface area (TPSA) is 29.5 Å². The molecular weight excluding hydrogens is 574 g/mol. The van der Waals surface area contributed by atoms with Crippen molar-refractivity contribution in [2.75, 3.05) is 4.90 Å². The Bertz CT molecular complexity index is 2810. The number of furan rings is 2. The van der Waals surface area contributed by atoms with Crippen LogP contribution in [-0.2, 0) is 0 Å². The molecule has 0 spiro atoms. The molecule has 0 bridgehead atoms. The van der Waals surface area contributed by atoms with Gasteiger partial charge in [0.05, 0.1) is 16.8 Å². The molecule has 220 valence electrons. The van der Waals surface area contributed by atoms with E-state index in [0.29, 0.717) is 0 Å². The van der Waals surface area contributed by atoms with Crippen molar-refractivity contribution in [1.82, 2.24) is 0 Å². The molecule has 0 unspecified atom stereocenters. The molecule has 0 atom stereocenters. The number of fused-ring (bicyclic) bond motifs is 9. The van der Waals surface area contributed by atoms with Gasteiger partial charge in [0.2, 0.25) is 0 Å². The average Bonchev–Trinajstić information content (AvgIpc) is 3.70. The summed E-state index contributed by atoms with van der Waals surface area (Å²) in [5.74, 6) is 0. The van der Waals surface area contributed by atoms with Crippen molar-refractivity contribution in [2.45, 2.75) is 0 Å². The zero-order valence-corrected chi connectivity index (χ0v) is 25.4. The van der Waals surface area contributed by atoms with Crippen molar-refractivity contribution in [1.29, 1.82) is 0 Å². The minimum Gasteiger partial charge on any atom is -0.456 e. The van der Waals surface area contributed by atoms with Crippen molar-refractivity contribution in [3.8, 4) is 11.1 Å². The number of anilines is 3. The quantitative estimate of drug-likeness (QED) is 0.188. The highest BCUT2D eigenvalue weighted by Gasteiger charge is 2.23. The number of rotatable bonds is 4. The van der Waals surface area contributed by atoms with Gasteiger partial charge in [-0.15, -0.1) is 0 Å². The van der Waals surface area contributed by atoms with Gasteiger partial charge in [-0.3, -0.25) is 0 Å². The second-order valence-electron chi connectivity index (χ2n) is 12.1. The van der Waals surface area contributed by atoms with E-state index in [1.54, 1.807) is 0 Å². The van der Waals surface area contributed by atoms with Gasteiger partial charge in [0, 0.05) is 27.2 Å². The van der Waals surface area contributed by atoms with E-state index >= 15 is 0 Å². The summed E-state index contributed by atoms with van der Waals surface area (Å²) in [6.45, 7) is 0. The third-order valence-electron chi connectivity index (χ3n) is 9.41. The molecule has 0 aliphatic heterocycles. The molecule has 0 N–H and O–H groups in total. The first-order valence-corrected chi connectivity index (χ1v) is 15.9. The molecule has 0 aliphatic carbocycles. The molecule has 2 heterocycles. The smallest absolute Gasteiger partial charge is 0.137 e. The molecule has 0 saturated heterocycles. The molecule has 0 radical (unpaired) electrons. The lowest BCUT2D eigenvalue weighted by atomic mass is 9.96. The van der Waals surface area contributed by atoms with Crippen LogP contribution in [0.1, 0.15) is 0 Å². The van der Waals surface area contributed by atoms with Crippen molar-refractivity contribution < 1.29 is 8.83 Å². The van der Waals surface area contributed by atoms with Crippen molar-refractivity contribution in [3.05, 3.63) is 164 Å². The first-order valence-electron chi connectivity index (χ1n) is 15.9. The van der Waals surface area contributed by atoms with Gasteiger partial charge in [-0.05, 0) is 81.9 Å². The van der Waals surface area contributed by atoms with Crippen LogP contribution in [0.15, 0.2) is 173 Å². The fourth-order valence-corrected chi connectivity index (χ4v) is 7.29. The van der Waals surface area contributed by atoms with Crippen LogP contribution in [0.4, 0.5) is 17.1 Å². The van der Waals surface area contributed by atoms with Crippen LogP contribution in [0.2, 0.25) is 0 Å². The lowest BCUT2D eigenvalue weighted by Crippen LogP contribution is -2.11. The van der Waals surface area contributed by atoms with E-state index in [1.165, 1.54) is 21.7 Å². The van der Waals surface area contributed by atoms with Gasteiger partial charge in [-0.25, -0.2) is 0 Å². The van der Waals surface area contributed by atoms with Crippen LogP contribution >= 0.6 is 0 Å². The van der Waals surface area contributed by atoms with Crippen LogP contribution in [0.3, 0.4) is 0 Å². The van der Waals surface area contributed by atoms with Gasteiger partial charge in [-0.1, -0.05) is 109 Å². The number of hydrogen-bond acceptors (Lipinski definition) is 3. The zero-order chi connectivity index (χ0) is 30.9. The van der Waals surface area contributed by atoms with Crippen molar-refractivity contribution in [3.63, 3.8) is 0 Å². The Morgan fingerprint density at radius 1 is 0.340 bits per heavy atom. The highest BCUT2D eigenvalue weighted by atomic mass is 16.3. The lowest BCUT2D eigenvalue weighted by molar-refractivity contribution is 0.668. The summed E-state index contributed by atoms with van der Waals surface area (Å²) >= 11 is 0. The van der Waals surface area contributed by atoms with Crippen LogP contribution in [0.25, 0.3) is 76.5 Å². The third-order valence-corrected chi connectivity index (χ3v) is 9.41. The minimum absolute atomic E-state index is 0.859. The van der Waals surface area contributed by atoms with E-state index in [1.807, 2.05) is 24.3 Å². The standard InChI is InChI=1S/C44H27NO2/c1-2-12-28(13-3-1)29-15-10-16-31(24-29)45(38-20-11-23-42-44(38)34-19-7-9-22-41(34)46-42)39-25-30-14-4-5-17-32(30)35-26-37-33-18-6-8-21-40(33)47-43(37)27-36(35)39/h1-27H. The maximum Gasteiger partial charge on any atom is 0.137 e. The maximum absolute atomic E-state index is 6.48. The van der Waals surface area contributed by atoms with Crippen LogP contribution < -0.4 is 4.90 Å². The van der Waals surface area contributed by atoms with Gasteiger partial charge in [0.25, 0.3) is 0 Å². The summed E-state index contributed by atoms with van der Waals surface area (Å²) in [5, 5.41) is 9.11. The highest BCUT2D eigenvalue weighted by molar-refractivity contribution is 6.22. The molecule has 3 nitrogen and oxygen atoms in total. The van der Waals surface area contributed by atoms with E-state index < -0.39 is 0 Å². The van der Waals surface area contributed by atoms with Gasteiger partial charge in [0.15, 0.2) is 0 Å². The van der Waals surface area contributed by atoms with E-state index in [-0.39, 0.29) is 0 Å². The number of hydrogen-bond donors (Lipinski definition) is 0. The molecule has 10 aromatic rings. The minimum atomic E-state index is 0.859. The molecule has 8 aromatic carbocycles. The number of nitrogens with zero attached hydrogens (tertiary/aromatic N) is 1. The third kappa shape index (κ3) is 4.00. The fraction of sp³-hybridized carbons (Fsp3) is 0. The summed E-state index contributed by atoms with van der Waals surface area (Å²) in [7, 11) is 0. The van der Waals surface area contributed by atoms with Gasteiger partial charge in [0.1, 0.15) is 22.3 Å². The van der Waals surface area contributed by atoms with E-state index in [2.05, 4.69) is 144 Å². The molecule has 0 fully saturated rings. The van der Waals surface area contributed by atoms with Gasteiger partial charge >= 0.3 is 0 Å². The van der Waals surface area contributed by atoms with Gasteiger partial charge in [-0.2, -0.15) is 0 Å². The summed E-state index contributed by atoms with van der Waals surface area (Å²) in [5.41, 5.74) is 9.02. The lowest BCUT2D eigenvalue weighted by Gasteiger charge is -2.28. The zero-order valence-electron chi connectivity index (χ0n) is 25.4. The summed E-state index contributed by atoms with van der Waals surface area (Å²) in [6, 6.07) is 57.9. The Balaban J connectivity index is 1.35. The fourth-order valence-electron chi connectivity index (χ4n) is 7.29. The first-order chi connectivity index (χ1) is 23.3. The van der Waals surface area contributed by atoms with Crippen LogP contribution in [-0.4, -0.2) is 0 Å². The average molecular weight is 602 g/mol. The monoisotopic (exact) mass is 601 g/mol.